The van der Waals surface area contributed by atoms with E-state index in [-0.39, 0.29) is 43.9 Å². The molecule has 1 aliphatic rings. The van der Waals surface area contributed by atoms with E-state index in [0.29, 0.717) is 35.7 Å². The Morgan fingerprint density at radius 1 is 0.922 bits per heavy atom. The van der Waals surface area contributed by atoms with Crippen molar-refractivity contribution in [2.75, 3.05) is 31.6 Å². The van der Waals surface area contributed by atoms with Gasteiger partial charge in [0.2, 0.25) is 0 Å². The largest absolute Gasteiger partial charge is 0.444 e. The average molecular weight is 694 g/mol. The zero-order chi connectivity index (χ0) is 36.7. The molecule has 1 fully saturated rings. The minimum atomic E-state index is -0.669. The molecule has 5 rings (SSSR count). The van der Waals surface area contributed by atoms with Gasteiger partial charge in [0.05, 0.1) is 19.3 Å². The highest BCUT2D eigenvalue weighted by molar-refractivity contribution is 6.04. The van der Waals surface area contributed by atoms with Gasteiger partial charge in [-0.25, -0.2) is 4.79 Å². The molecule has 0 saturated carbocycles. The number of hydrogen-bond acceptors (Lipinski definition) is 9. The lowest BCUT2D eigenvalue weighted by Gasteiger charge is -2.27. The normalized spacial score (nSPS) is 14.7. The highest BCUT2D eigenvalue weighted by Crippen LogP contribution is 2.33. The van der Waals surface area contributed by atoms with Crippen molar-refractivity contribution < 1.29 is 29.3 Å². The van der Waals surface area contributed by atoms with E-state index in [2.05, 4.69) is 20.2 Å². The van der Waals surface area contributed by atoms with Crippen LogP contribution in [0.3, 0.4) is 0 Å². The molecule has 1 aliphatic heterocycles. The number of Topliss-reactive ketones (excluding diaryl/α,β-unsaturated/α-hetero) is 1. The molecule has 4 aromatic rings. The molecule has 11 nitrogen and oxygen atoms in total. The quantitative estimate of drug-likeness (QED) is 0.158. The maximum Gasteiger partial charge on any atom is 0.410 e. The SMILES string of the molecule is Cc1c(CC(=O)c2ccc(CN(CCO)C(=O)OC(C)(C)C)cn2)cccc1-c1cccc(NC(=O)c2ccc(CN3CC[C@@H](O)C3)cn2)c1C. The van der Waals surface area contributed by atoms with Crippen LogP contribution >= 0.6 is 0 Å². The molecular formula is C40H47N5O6. The summed E-state index contributed by atoms with van der Waals surface area (Å²) in [6.07, 6.45) is 3.38. The van der Waals surface area contributed by atoms with Crippen LogP contribution in [0.2, 0.25) is 0 Å². The number of hydrogen-bond donors (Lipinski definition) is 3. The number of nitrogens with zero attached hydrogens (tertiary/aromatic N) is 4. The van der Waals surface area contributed by atoms with Gasteiger partial charge < -0.3 is 25.2 Å². The number of nitrogens with one attached hydrogen (secondary N) is 1. The van der Waals surface area contributed by atoms with Crippen molar-refractivity contribution in [3.05, 3.63) is 112 Å². The summed E-state index contributed by atoms with van der Waals surface area (Å²) in [7, 11) is 0. The van der Waals surface area contributed by atoms with Gasteiger partial charge in [0.1, 0.15) is 17.0 Å². The standard InChI is InChI=1S/C40H47N5O6/c1-26-30(20-37(48)35-14-12-29(22-41-35)24-45(18-19-46)39(50)51-40(3,4)5)8-6-9-32(26)33-10-7-11-34(27(33)2)43-38(49)36-15-13-28(21-42-36)23-44-17-16-31(47)25-44/h6-15,21-22,31,46-47H,16-20,23-25H2,1-5H3,(H,43,49)/t31-/m1/s1. The first-order chi connectivity index (χ1) is 24.3. The Labute approximate surface area is 299 Å². The van der Waals surface area contributed by atoms with E-state index < -0.39 is 11.7 Å². The molecule has 3 heterocycles. The third-order valence-corrected chi connectivity index (χ3v) is 8.89. The van der Waals surface area contributed by atoms with E-state index in [0.717, 1.165) is 46.3 Å². The summed E-state index contributed by atoms with van der Waals surface area (Å²) >= 11 is 0. The number of carbonyl (C=O) groups is 3. The van der Waals surface area contributed by atoms with Crippen LogP contribution in [0.25, 0.3) is 11.1 Å². The van der Waals surface area contributed by atoms with E-state index >= 15 is 0 Å². The lowest BCUT2D eigenvalue weighted by atomic mass is 9.91. The number of carbonyl (C=O) groups excluding carboxylic acids is 3. The molecule has 0 aliphatic carbocycles. The van der Waals surface area contributed by atoms with Crippen LogP contribution in [0.15, 0.2) is 73.1 Å². The molecule has 0 unspecified atom stereocenters. The third kappa shape index (κ3) is 9.84. The van der Waals surface area contributed by atoms with E-state index in [4.69, 9.17) is 4.74 Å². The van der Waals surface area contributed by atoms with Gasteiger partial charge in [-0.1, -0.05) is 42.5 Å². The lowest BCUT2D eigenvalue weighted by Crippen LogP contribution is -2.38. The zero-order valence-electron chi connectivity index (χ0n) is 30.0. The molecular weight excluding hydrogens is 646 g/mol. The molecule has 0 bridgehead atoms. The molecule has 3 N–H and O–H groups in total. The van der Waals surface area contributed by atoms with Crippen LogP contribution in [-0.2, 0) is 24.2 Å². The Balaban J connectivity index is 1.24. The van der Waals surface area contributed by atoms with Crippen LogP contribution in [0.1, 0.15) is 76.0 Å². The van der Waals surface area contributed by atoms with Gasteiger partial charge in [-0.3, -0.25) is 24.5 Å². The summed E-state index contributed by atoms with van der Waals surface area (Å²) < 4.78 is 5.45. The van der Waals surface area contributed by atoms with Gasteiger partial charge in [0.15, 0.2) is 5.78 Å². The van der Waals surface area contributed by atoms with Crippen LogP contribution in [0.5, 0.6) is 0 Å². The molecule has 2 amide bonds. The number of pyridine rings is 2. The molecule has 2 aromatic heterocycles. The molecule has 0 radical (unpaired) electrons. The Morgan fingerprint density at radius 3 is 2.22 bits per heavy atom. The van der Waals surface area contributed by atoms with Gasteiger partial charge in [-0.05, 0) is 98.2 Å². The minimum Gasteiger partial charge on any atom is -0.444 e. The number of ketones is 1. The first-order valence-electron chi connectivity index (χ1n) is 17.2. The van der Waals surface area contributed by atoms with Gasteiger partial charge in [0, 0.05) is 50.7 Å². The number of benzene rings is 2. The minimum absolute atomic E-state index is 0.109. The van der Waals surface area contributed by atoms with Crippen molar-refractivity contribution in [3.63, 3.8) is 0 Å². The smallest absolute Gasteiger partial charge is 0.410 e. The van der Waals surface area contributed by atoms with Crippen LogP contribution < -0.4 is 5.32 Å². The average Bonchev–Trinajstić information content (AvgIpc) is 3.50. The Kier molecular flexibility index (Phi) is 12.0. The van der Waals surface area contributed by atoms with Crippen molar-refractivity contribution in [1.29, 1.82) is 0 Å². The topological polar surface area (TPSA) is 145 Å². The van der Waals surface area contributed by atoms with Gasteiger partial charge in [0.25, 0.3) is 5.91 Å². The van der Waals surface area contributed by atoms with Gasteiger partial charge in [-0.2, -0.15) is 0 Å². The van der Waals surface area contributed by atoms with Crippen molar-refractivity contribution in [3.8, 4) is 11.1 Å². The molecule has 11 heteroatoms. The number of anilines is 1. The predicted octanol–water partition coefficient (Wildman–Crippen LogP) is 5.73. The summed E-state index contributed by atoms with van der Waals surface area (Å²) in [5.74, 6) is -0.450. The Hall–Kier alpha value is -4.97. The Bertz CT molecular complexity index is 1850. The molecule has 1 saturated heterocycles. The lowest BCUT2D eigenvalue weighted by molar-refractivity contribution is 0.0201. The summed E-state index contributed by atoms with van der Waals surface area (Å²) in [5.41, 5.74) is 6.92. The first kappa shape index (κ1) is 37.3. The number of β-amino-alcohol motifs (C(OH)–C–C–N with tert-alkyl or cyclic N) is 1. The van der Waals surface area contributed by atoms with Gasteiger partial charge in [-0.15, -0.1) is 0 Å². The predicted molar refractivity (Wildman–Crippen MR) is 195 cm³/mol. The second-order valence-electron chi connectivity index (χ2n) is 14.0. The van der Waals surface area contributed by atoms with Gasteiger partial charge >= 0.3 is 6.09 Å². The van der Waals surface area contributed by atoms with E-state index in [1.807, 2.05) is 56.3 Å². The Morgan fingerprint density at radius 2 is 1.59 bits per heavy atom. The first-order valence-corrected chi connectivity index (χ1v) is 17.2. The van der Waals surface area contributed by atoms with E-state index in [1.54, 1.807) is 51.4 Å². The summed E-state index contributed by atoms with van der Waals surface area (Å²) in [5, 5.41) is 22.3. The maximum atomic E-state index is 13.4. The number of aliphatic hydroxyl groups is 2. The van der Waals surface area contributed by atoms with Crippen molar-refractivity contribution in [2.24, 2.45) is 0 Å². The fourth-order valence-corrected chi connectivity index (χ4v) is 6.13. The molecule has 0 spiro atoms. The number of amides is 2. The number of aliphatic hydroxyl groups excluding tert-OH is 2. The number of likely N-dealkylation sites (tertiary alicyclic amines) is 1. The molecule has 2 aromatic carbocycles. The van der Waals surface area contributed by atoms with Crippen molar-refractivity contribution in [1.82, 2.24) is 19.8 Å². The molecule has 1 atom stereocenters. The van der Waals surface area contributed by atoms with E-state index in [9.17, 15) is 24.6 Å². The highest BCUT2D eigenvalue weighted by atomic mass is 16.6. The summed E-state index contributed by atoms with van der Waals surface area (Å²) in [6, 6.07) is 18.6. The second kappa shape index (κ2) is 16.4. The fourth-order valence-electron chi connectivity index (χ4n) is 6.13. The monoisotopic (exact) mass is 693 g/mol. The number of ether oxygens (including phenoxy) is 1. The zero-order valence-corrected chi connectivity index (χ0v) is 30.0. The van der Waals surface area contributed by atoms with E-state index in [1.165, 1.54) is 4.90 Å². The molecule has 51 heavy (non-hydrogen) atoms. The van der Waals surface area contributed by atoms with Crippen molar-refractivity contribution >= 4 is 23.5 Å². The third-order valence-electron chi connectivity index (χ3n) is 8.89. The fraction of sp³-hybridized carbons (Fsp3) is 0.375. The van der Waals surface area contributed by atoms with Crippen molar-refractivity contribution in [2.45, 2.75) is 72.3 Å². The number of aromatic nitrogens is 2. The molecule has 268 valence electrons. The maximum absolute atomic E-state index is 13.4. The van der Waals surface area contributed by atoms with Crippen LogP contribution in [-0.4, -0.2) is 85.7 Å². The highest BCUT2D eigenvalue weighted by Gasteiger charge is 2.23. The summed E-state index contributed by atoms with van der Waals surface area (Å²) in [6.45, 7) is 11.5. The number of rotatable bonds is 12. The summed E-state index contributed by atoms with van der Waals surface area (Å²) in [4.78, 5) is 51.5. The van der Waals surface area contributed by atoms with Crippen LogP contribution in [0, 0.1) is 13.8 Å². The second-order valence-corrected chi connectivity index (χ2v) is 14.0. The van der Waals surface area contributed by atoms with Crippen LogP contribution in [0.4, 0.5) is 10.5 Å².